The normalized spacial score (nSPS) is 26.5. The van der Waals surface area contributed by atoms with E-state index in [0.717, 1.165) is 5.56 Å². The van der Waals surface area contributed by atoms with Gasteiger partial charge in [-0.25, -0.2) is 4.39 Å². The zero-order valence-corrected chi connectivity index (χ0v) is 10.6. The Kier molecular flexibility index (Phi) is 2.57. The topological polar surface area (TPSA) is 37.3 Å². The molecule has 0 saturated heterocycles. The van der Waals surface area contributed by atoms with Crippen LogP contribution in [-0.4, -0.2) is 11.1 Å². The minimum Gasteiger partial charge on any atom is -0.481 e. The van der Waals surface area contributed by atoms with Gasteiger partial charge >= 0.3 is 5.97 Å². The van der Waals surface area contributed by atoms with E-state index in [1.54, 1.807) is 6.07 Å². The molecule has 0 heterocycles. The van der Waals surface area contributed by atoms with Crippen LogP contribution in [0.5, 0.6) is 0 Å². The average molecular weight is 287 g/mol. The molecule has 1 N–H and O–H groups in total. The second-order valence-electron chi connectivity index (χ2n) is 4.82. The monoisotopic (exact) mass is 286 g/mol. The first kappa shape index (κ1) is 11.6. The SMILES string of the molecule is CC1(C)[C@H](C(=O)O)[C@H]1c1cc(F)cc(Br)c1. The first-order valence-electron chi connectivity index (χ1n) is 5.03. The summed E-state index contributed by atoms with van der Waals surface area (Å²) < 4.78 is 13.9. The molecule has 4 heteroatoms. The first-order valence-corrected chi connectivity index (χ1v) is 5.82. The molecule has 1 aliphatic rings. The van der Waals surface area contributed by atoms with Crippen LogP contribution < -0.4 is 0 Å². The lowest BCUT2D eigenvalue weighted by Crippen LogP contribution is -2.03. The molecular formula is C12H12BrFO2. The highest BCUT2D eigenvalue weighted by atomic mass is 79.9. The van der Waals surface area contributed by atoms with Crippen molar-refractivity contribution in [1.82, 2.24) is 0 Å². The summed E-state index contributed by atoms with van der Waals surface area (Å²) in [5.74, 6) is -1.66. The van der Waals surface area contributed by atoms with Gasteiger partial charge in [0.15, 0.2) is 0 Å². The van der Waals surface area contributed by atoms with Crippen molar-refractivity contribution in [3.63, 3.8) is 0 Å². The summed E-state index contributed by atoms with van der Waals surface area (Å²) in [7, 11) is 0. The van der Waals surface area contributed by atoms with Crippen molar-refractivity contribution in [2.24, 2.45) is 11.3 Å². The fraction of sp³-hybridized carbons (Fsp3) is 0.417. The third-order valence-corrected chi connectivity index (χ3v) is 3.80. The second kappa shape index (κ2) is 3.55. The lowest BCUT2D eigenvalue weighted by atomic mass is 10.0. The number of carbonyl (C=O) groups is 1. The van der Waals surface area contributed by atoms with Crippen molar-refractivity contribution in [2.75, 3.05) is 0 Å². The fourth-order valence-electron chi connectivity index (χ4n) is 2.48. The molecule has 2 atom stereocenters. The standard InChI is InChI=1S/C12H12BrFO2/c1-12(2)9(10(12)11(15)16)6-3-7(13)5-8(14)4-6/h3-5,9-10H,1-2H3,(H,15,16)/t9-,10+/m1/s1. The zero-order valence-electron chi connectivity index (χ0n) is 9.00. The van der Waals surface area contributed by atoms with Crippen molar-refractivity contribution in [3.8, 4) is 0 Å². The molecule has 2 rings (SSSR count). The first-order chi connectivity index (χ1) is 7.34. The summed E-state index contributed by atoms with van der Waals surface area (Å²) >= 11 is 3.22. The number of halogens is 2. The van der Waals surface area contributed by atoms with Crippen LogP contribution in [0.1, 0.15) is 25.3 Å². The van der Waals surface area contributed by atoms with Gasteiger partial charge in [0, 0.05) is 10.4 Å². The van der Waals surface area contributed by atoms with Crippen LogP contribution in [-0.2, 0) is 4.79 Å². The molecule has 0 amide bonds. The Labute approximate surface area is 102 Å². The van der Waals surface area contributed by atoms with Crippen LogP contribution in [0.2, 0.25) is 0 Å². The predicted molar refractivity (Wildman–Crippen MR) is 61.7 cm³/mol. The lowest BCUT2D eigenvalue weighted by molar-refractivity contribution is -0.139. The van der Waals surface area contributed by atoms with Gasteiger partial charge in [0.05, 0.1) is 5.92 Å². The summed E-state index contributed by atoms with van der Waals surface area (Å²) in [6, 6.07) is 4.58. The van der Waals surface area contributed by atoms with Gasteiger partial charge < -0.3 is 5.11 Å². The van der Waals surface area contributed by atoms with E-state index in [-0.39, 0.29) is 17.2 Å². The molecule has 0 radical (unpaired) electrons. The Bertz CT molecular complexity index is 436. The molecule has 0 aromatic heterocycles. The Hall–Kier alpha value is -0.900. The molecule has 2 nitrogen and oxygen atoms in total. The second-order valence-corrected chi connectivity index (χ2v) is 5.73. The molecule has 1 aromatic carbocycles. The maximum Gasteiger partial charge on any atom is 0.307 e. The molecule has 0 unspecified atom stereocenters. The van der Waals surface area contributed by atoms with Crippen molar-refractivity contribution in [1.29, 1.82) is 0 Å². The molecule has 1 saturated carbocycles. The number of hydrogen-bond donors (Lipinski definition) is 1. The van der Waals surface area contributed by atoms with Gasteiger partial charge in [0.25, 0.3) is 0 Å². The summed E-state index contributed by atoms with van der Waals surface area (Å²) in [6.07, 6.45) is 0. The molecule has 1 aliphatic carbocycles. The highest BCUT2D eigenvalue weighted by Gasteiger charge is 2.62. The molecule has 1 fully saturated rings. The molecule has 1 aromatic rings. The summed E-state index contributed by atoms with van der Waals surface area (Å²) in [5.41, 5.74) is 0.461. The van der Waals surface area contributed by atoms with Gasteiger partial charge in [-0.2, -0.15) is 0 Å². The number of benzene rings is 1. The Morgan fingerprint density at radius 3 is 2.50 bits per heavy atom. The minimum absolute atomic E-state index is 0.100. The van der Waals surface area contributed by atoms with Crippen molar-refractivity contribution in [3.05, 3.63) is 34.1 Å². The molecule has 0 aliphatic heterocycles. The van der Waals surface area contributed by atoms with E-state index in [1.807, 2.05) is 13.8 Å². The summed E-state index contributed by atoms with van der Waals surface area (Å²) in [6.45, 7) is 3.80. The quantitative estimate of drug-likeness (QED) is 0.905. The van der Waals surface area contributed by atoms with Gasteiger partial charge in [-0.3, -0.25) is 4.79 Å². The largest absolute Gasteiger partial charge is 0.481 e. The van der Waals surface area contributed by atoms with E-state index in [0.29, 0.717) is 4.47 Å². The van der Waals surface area contributed by atoms with Crippen LogP contribution in [0.15, 0.2) is 22.7 Å². The van der Waals surface area contributed by atoms with E-state index < -0.39 is 11.9 Å². The van der Waals surface area contributed by atoms with Crippen molar-refractivity contribution in [2.45, 2.75) is 19.8 Å². The van der Waals surface area contributed by atoms with E-state index >= 15 is 0 Å². The van der Waals surface area contributed by atoms with Crippen molar-refractivity contribution >= 4 is 21.9 Å². The van der Waals surface area contributed by atoms with Gasteiger partial charge in [-0.1, -0.05) is 29.8 Å². The van der Waals surface area contributed by atoms with Crippen LogP contribution in [0.25, 0.3) is 0 Å². The third kappa shape index (κ3) is 1.75. The van der Waals surface area contributed by atoms with Gasteiger partial charge in [-0.15, -0.1) is 0 Å². The van der Waals surface area contributed by atoms with Crippen LogP contribution >= 0.6 is 15.9 Å². The number of carboxylic acids is 1. The lowest BCUT2D eigenvalue weighted by Gasteiger charge is -2.03. The maximum atomic E-state index is 13.2. The maximum absolute atomic E-state index is 13.2. The van der Waals surface area contributed by atoms with E-state index in [4.69, 9.17) is 5.11 Å². The minimum atomic E-state index is -0.810. The van der Waals surface area contributed by atoms with Gasteiger partial charge in [0.1, 0.15) is 5.82 Å². The van der Waals surface area contributed by atoms with E-state index in [2.05, 4.69) is 15.9 Å². The van der Waals surface area contributed by atoms with E-state index in [1.165, 1.54) is 12.1 Å². The molecule has 0 spiro atoms. The van der Waals surface area contributed by atoms with Crippen LogP contribution in [0, 0.1) is 17.2 Å². The number of hydrogen-bond acceptors (Lipinski definition) is 1. The highest BCUT2D eigenvalue weighted by molar-refractivity contribution is 9.10. The van der Waals surface area contributed by atoms with Crippen LogP contribution in [0.3, 0.4) is 0 Å². The van der Waals surface area contributed by atoms with Gasteiger partial charge in [0.2, 0.25) is 0 Å². The highest BCUT2D eigenvalue weighted by Crippen LogP contribution is 2.64. The fourth-order valence-corrected chi connectivity index (χ4v) is 2.96. The molecule has 0 bridgehead atoms. The Balaban J connectivity index is 2.37. The van der Waals surface area contributed by atoms with Crippen molar-refractivity contribution < 1.29 is 14.3 Å². The Morgan fingerprint density at radius 2 is 2.06 bits per heavy atom. The number of rotatable bonds is 2. The zero-order chi connectivity index (χ0) is 12.1. The van der Waals surface area contributed by atoms with E-state index in [9.17, 15) is 9.18 Å². The van der Waals surface area contributed by atoms with Gasteiger partial charge in [-0.05, 0) is 29.2 Å². The summed E-state index contributed by atoms with van der Waals surface area (Å²) in [5, 5.41) is 9.05. The third-order valence-electron chi connectivity index (χ3n) is 3.34. The smallest absolute Gasteiger partial charge is 0.307 e. The predicted octanol–water partition coefficient (Wildman–Crippen LogP) is 3.41. The van der Waals surface area contributed by atoms with Crippen LogP contribution in [0.4, 0.5) is 4.39 Å². The average Bonchev–Trinajstić information content (AvgIpc) is 2.67. The molecule has 16 heavy (non-hydrogen) atoms. The number of carboxylic acid groups (broad SMARTS) is 1. The summed E-state index contributed by atoms with van der Waals surface area (Å²) in [4.78, 5) is 11.0. The molecular weight excluding hydrogens is 275 g/mol. The molecule has 86 valence electrons. The number of aliphatic carboxylic acids is 1. The Morgan fingerprint density at radius 1 is 1.44 bits per heavy atom.